The van der Waals surface area contributed by atoms with Gasteiger partial charge in [0, 0.05) is 12.6 Å². The van der Waals surface area contributed by atoms with E-state index in [0.29, 0.717) is 6.42 Å². The molecule has 16 heavy (non-hydrogen) atoms. The van der Waals surface area contributed by atoms with Crippen LogP contribution in [0.25, 0.3) is 0 Å². The Hall–Kier alpha value is -0.620. The molecular weight excluding hydrogens is 228 g/mol. The van der Waals surface area contributed by atoms with Gasteiger partial charge in [-0.15, -0.1) is 0 Å². The van der Waals surface area contributed by atoms with Crippen LogP contribution in [0.15, 0.2) is 0 Å². The van der Waals surface area contributed by atoms with Gasteiger partial charge in [-0.05, 0) is 13.3 Å². The van der Waals surface area contributed by atoms with Crippen LogP contribution < -0.4 is 5.73 Å². The molecule has 1 saturated heterocycles. The molecular formula is C10H20N2O3S. The van der Waals surface area contributed by atoms with Gasteiger partial charge in [-0.3, -0.25) is 4.79 Å². The highest BCUT2D eigenvalue weighted by Crippen LogP contribution is 2.13. The molecule has 0 aromatic carbocycles. The van der Waals surface area contributed by atoms with E-state index in [0.717, 1.165) is 6.42 Å². The Morgan fingerprint density at radius 1 is 1.56 bits per heavy atom. The highest BCUT2D eigenvalue weighted by Gasteiger charge is 2.32. The minimum Gasteiger partial charge on any atom is -0.337 e. The zero-order valence-corrected chi connectivity index (χ0v) is 10.7. The average molecular weight is 248 g/mol. The van der Waals surface area contributed by atoms with Crippen molar-refractivity contribution in [3.8, 4) is 0 Å². The van der Waals surface area contributed by atoms with E-state index in [2.05, 4.69) is 0 Å². The molecule has 1 unspecified atom stereocenters. The van der Waals surface area contributed by atoms with Crippen LogP contribution >= 0.6 is 0 Å². The van der Waals surface area contributed by atoms with Gasteiger partial charge in [0.1, 0.15) is 0 Å². The van der Waals surface area contributed by atoms with E-state index in [1.54, 1.807) is 11.8 Å². The molecule has 6 heteroatoms. The lowest BCUT2D eigenvalue weighted by molar-refractivity contribution is -0.134. The minimum absolute atomic E-state index is 0.0532. The molecule has 1 amide bonds. The van der Waals surface area contributed by atoms with Crippen molar-refractivity contribution in [2.75, 3.05) is 18.1 Å². The second-order valence-corrected chi connectivity index (χ2v) is 6.62. The first-order valence-electron chi connectivity index (χ1n) is 5.64. The number of rotatable bonds is 3. The number of nitrogens with zero attached hydrogens (tertiary/aromatic N) is 1. The summed E-state index contributed by atoms with van der Waals surface area (Å²) in [4.78, 5) is 13.5. The number of carbonyl (C=O) groups is 1. The fourth-order valence-corrected chi connectivity index (χ4v) is 3.53. The highest BCUT2D eigenvalue weighted by atomic mass is 32.2. The number of hydrogen-bond acceptors (Lipinski definition) is 4. The molecule has 5 nitrogen and oxygen atoms in total. The molecule has 0 bridgehead atoms. The lowest BCUT2D eigenvalue weighted by atomic mass is 10.1. The smallest absolute Gasteiger partial charge is 0.239 e. The van der Waals surface area contributed by atoms with Crippen LogP contribution in [0.1, 0.15) is 26.7 Å². The van der Waals surface area contributed by atoms with Gasteiger partial charge in [0.25, 0.3) is 0 Å². The van der Waals surface area contributed by atoms with E-state index in [4.69, 9.17) is 5.73 Å². The van der Waals surface area contributed by atoms with Crippen molar-refractivity contribution in [1.82, 2.24) is 4.90 Å². The van der Waals surface area contributed by atoms with Crippen molar-refractivity contribution in [2.45, 2.75) is 38.8 Å². The summed E-state index contributed by atoms with van der Waals surface area (Å²) in [5.74, 6) is -0.0104. The normalized spacial score (nSPS) is 26.4. The van der Waals surface area contributed by atoms with Crippen LogP contribution in [-0.2, 0) is 14.6 Å². The van der Waals surface area contributed by atoms with Crippen molar-refractivity contribution in [2.24, 2.45) is 5.73 Å². The van der Waals surface area contributed by atoms with Crippen molar-refractivity contribution in [3.63, 3.8) is 0 Å². The van der Waals surface area contributed by atoms with Gasteiger partial charge >= 0.3 is 0 Å². The third-order valence-electron chi connectivity index (χ3n) is 2.87. The Morgan fingerprint density at radius 3 is 2.69 bits per heavy atom. The largest absolute Gasteiger partial charge is 0.337 e. The Balaban J connectivity index is 2.65. The summed E-state index contributed by atoms with van der Waals surface area (Å²) in [5, 5.41) is 0. The Bertz CT molecular complexity index is 353. The van der Waals surface area contributed by atoms with Crippen molar-refractivity contribution < 1.29 is 13.2 Å². The van der Waals surface area contributed by atoms with E-state index in [1.165, 1.54) is 0 Å². The van der Waals surface area contributed by atoms with Gasteiger partial charge < -0.3 is 10.6 Å². The fraction of sp³-hybridized carbons (Fsp3) is 0.900. The molecule has 94 valence electrons. The standard InChI is InChI=1S/C10H20N2O3S/c1-3-4-9(11)10(13)12-5-6-16(14,15)7-8(12)2/h8-9H,3-7,11H2,1-2H3/t8?,9-/m1/s1. The fourth-order valence-electron chi connectivity index (χ4n) is 1.97. The summed E-state index contributed by atoms with van der Waals surface area (Å²) in [5.41, 5.74) is 5.75. The number of hydrogen-bond donors (Lipinski definition) is 1. The second-order valence-electron chi connectivity index (χ2n) is 4.39. The Morgan fingerprint density at radius 2 is 2.19 bits per heavy atom. The SMILES string of the molecule is CCC[C@@H](N)C(=O)N1CCS(=O)(=O)CC1C. The van der Waals surface area contributed by atoms with Gasteiger partial charge in [-0.1, -0.05) is 13.3 Å². The summed E-state index contributed by atoms with van der Waals surface area (Å²) in [6, 6.07) is -0.748. The first-order chi connectivity index (χ1) is 7.37. The van der Waals surface area contributed by atoms with E-state index in [1.807, 2.05) is 6.92 Å². The molecule has 1 heterocycles. The quantitative estimate of drug-likeness (QED) is 0.747. The first kappa shape index (κ1) is 13.4. The van der Waals surface area contributed by atoms with Crippen molar-refractivity contribution in [3.05, 3.63) is 0 Å². The number of sulfone groups is 1. The zero-order valence-electron chi connectivity index (χ0n) is 9.85. The molecule has 0 saturated carbocycles. The summed E-state index contributed by atoms with van der Waals surface area (Å²) in [6.45, 7) is 4.00. The molecule has 1 aliphatic rings. The molecule has 2 N–H and O–H groups in total. The minimum atomic E-state index is -2.97. The average Bonchev–Trinajstić information content (AvgIpc) is 2.16. The van der Waals surface area contributed by atoms with Crippen LogP contribution in [0.3, 0.4) is 0 Å². The molecule has 0 aliphatic carbocycles. The predicted octanol–water partition coefficient (Wildman–Crippen LogP) is -0.241. The lowest BCUT2D eigenvalue weighted by Gasteiger charge is -2.34. The molecule has 0 aromatic rings. The first-order valence-corrected chi connectivity index (χ1v) is 7.46. The third kappa shape index (κ3) is 3.18. The van der Waals surface area contributed by atoms with Gasteiger partial charge in [-0.2, -0.15) is 0 Å². The summed E-state index contributed by atoms with van der Waals surface area (Å²) < 4.78 is 22.7. The molecule has 1 rings (SSSR count). The molecule has 0 aromatic heterocycles. The molecule has 0 radical (unpaired) electrons. The Kier molecular flexibility index (Phi) is 4.32. The third-order valence-corrected chi connectivity index (χ3v) is 4.67. The predicted molar refractivity (Wildman–Crippen MR) is 62.7 cm³/mol. The van der Waals surface area contributed by atoms with Crippen molar-refractivity contribution in [1.29, 1.82) is 0 Å². The topological polar surface area (TPSA) is 80.5 Å². The number of nitrogens with two attached hydrogens (primary N) is 1. The van der Waals surface area contributed by atoms with Crippen LogP contribution in [0, 0.1) is 0 Å². The highest BCUT2D eigenvalue weighted by molar-refractivity contribution is 7.91. The van der Waals surface area contributed by atoms with Crippen molar-refractivity contribution >= 4 is 15.7 Å². The summed E-state index contributed by atoms with van der Waals surface area (Å²) in [7, 11) is -2.97. The van der Waals surface area contributed by atoms with E-state index >= 15 is 0 Å². The summed E-state index contributed by atoms with van der Waals surface area (Å²) >= 11 is 0. The van der Waals surface area contributed by atoms with Crippen LogP contribution in [0.5, 0.6) is 0 Å². The monoisotopic (exact) mass is 248 g/mol. The second kappa shape index (κ2) is 5.14. The van der Waals surface area contributed by atoms with Gasteiger partial charge in [0.05, 0.1) is 17.5 Å². The zero-order chi connectivity index (χ0) is 12.3. The number of amides is 1. The maximum absolute atomic E-state index is 11.9. The maximum atomic E-state index is 11.9. The number of carbonyl (C=O) groups excluding carboxylic acids is 1. The van der Waals surface area contributed by atoms with Crippen LogP contribution in [-0.4, -0.2) is 49.4 Å². The van der Waals surface area contributed by atoms with Crippen LogP contribution in [0.4, 0.5) is 0 Å². The Labute approximate surface area is 96.9 Å². The van der Waals surface area contributed by atoms with Gasteiger partial charge in [0.2, 0.25) is 5.91 Å². The van der Waals surface area contributed by atoms with E-state index < -0.39 is 15.9 Å². The molecule has 2 atom stereocenters. The van der Waals surface area contributed by atoms with E-state index in [9.17, 15) is 13.2 Å². The van der Waals surface area contributed by atoms with Gasteiger partial charge in [-0.25, -0.2) is 8.42 Å². The lowest BCUT2D eigenvalue weighted by Crippen LogP contribution is -2.54. The van der Waals surface area contributed by atoms with Gasteiger partial charge in [0.15, 0.2) is 9.84 Å². The maximum Gasteiger partial charge on any atom is 0.239 e. The molecule has 1 fully saturated rings. The van der Waals surface area contributed by atoms with E-state index in [-0.39, 0.29) is 30.0 Å². The molecule has 1 aliphatic heterocycles. The molecule has 0 spiro atoms. The van der Waals surface area contributed by atoms with Crippen LogP contribution in [0.2, 0.25) is 0 Å². The summed E-state index contributed by atoms with van der Waals surface area (Å²) in [6.07, 6.45) is 1.50.